The number of thiophene rings is 1. The summed E-state index contributed by atoms with van der Waals surface area (Å²) in [7, 11) is 0. The molecule has 0 aliphatic rings. The van der Waals surface area contributed by atoms with E-state index in [0.29, 0.717) is 5.92 Å². The van der Waals surface area contributed by atoms with Crippen LogP contribution < -0.4 is 5.73 Å². The molecule has 3 heteroatoms. The van der Waals surface area contributed by atoms with E-state index in [1.165, 1.54) is 14.2 Å². The second kappa shape index (κ2) is 4.58. The molecule has 74 valence electrons. The van der Waals surface area contributed by atoms with E-state index in [0.717, 1.165) is 6.42 Å². The minimum atomic E-state index is 0.188. The van der Waals surface area contributed by atoms with Crippen LogP contribution in [0.15, 0.2) is 9.85 Å². The highest BCUT2D eigenvalue weighted by Crippen LogP contribution is 2.33. The Balaban J connectivity index is 2.87. The van der Waals surface area contributed by atoms with E-state index in [1.54, 1.807) is 11.3 Å². The molecule has 1 rings (SSSR count). The number of aryl methyl sites for hydroxylation is 1. The van der Waals surface area contributed by atoms with Crippen LogP contribution in [0.2, 0.25) is 0 Å². The van der Waals surface area contributed by atoms with Crippen molar-refractivity contribution in [2.75, 3.05) is 0 Å². The average molecular weight is 262 g/mol. The largest absolute Gasteiger partial charge is 0.324 e. The van der Waals surface area contributed by atoms with Crippen LogP contribution in [0.25, 0.3) is 0 Å². The molecule has 1 aromatic rings. The summed E-state index contributed by atoms with van der Waals surface area (Å²) in [5.74, 6) is 0.556. The van der Waals surface area contributed by atoms with Gasteiger partial charge in [-0.1, -0.05) is 20.3 Å². The number of rotatable bonds is 3. The quantitative estimate of drug-likeness (QED) is 0.879. The fourth-order valence-corrected chi connectivity index (χ4v) is 3.12. The van der Waals surface area contributed by atoms with Crippen LogP contribution in [-0.4, -0.2) is 0 Å². The minimum Gasteiger partial charge on any atom is -0.324 e. The predicted molar refractivity (Wildman–Crippen MR) is 63.1 cm³/mol. The van der Waals surface area contributed by atoms with Crippen LogP contribution >= 0.6 is 27.3 Å². The molecule has 2 unspecified atom stereocenters. The van der Waals surface area contributed by atoms with Crippen LogP contribution in [0.5, 0.6) is 0 Å². The Morgan fingerprint density at radius 3 is 2.62 bits per heavy atom. The Morgan fingerprint density at radius 2 is 2.23 bits per heavy atom. The normalized spacial score (nSPS) is 15.8. The molecule has 0 spiro atoms. The van der Waals surface area contributed by atoms with Gasteiger partial charge >= 0.3 is 0 Å². The fourth-order valence-electron chi connectivity index (χ4n) is 1.35. The first-order valence-corrected chi connectivity index (χ1v) is 6.18. The third-order valence-corrected chi connectivity index (χ3v) is 4.11. The number of hydrogen-bond donors (Lipinski definition) is 1. The fraction of sp³-hybridized carbons (Fsp3) is 0.600. The zero-order valence-electron chi connectivity index (χ0n) is 8.30. The van der Waals surface area contributed by atoms with Gasteiger partial charge in [0.25, 0.3) is 0 Å². The molecule has 0 aliphatic heterocycles. The van der Waals surface area contributed by atoms with Gasteiger partial charge in [0.05, 0.1) is 3.79 Å². The van der Waals surface area contributed by atoms with E-state index in [-0.39, 0.29) is 6.04 Å². The number of hydrogen-bond acceptors (Lipinski definition) is 2. The van der Waals surface area contributed by atoms with Crippen LogP contribution in [0.1, 0.15) is 36.8 Å². The molecule has 1 heterocycles. The van der Waals surface area contributed by atoms with Gasteiger partial charge in [0.2, 0.25) is 0 Å². The molecule has 2 atom stereocenters. The maximum absolute atomic E-state index is 6.15. The summed E-state index contributed by atoms with van der Waals surface area (Å²) in [6.07, 6.45) is 1.13. The molecule has 0 fully saturated rings. The topological polar surface area (TPSA) is 26.0 Å². The first-order valence-electron chi connectivity index (χ1n) is 4.57. The minimum absolute atomic E-state index is 0.188. The van der Waals surface area contributed by atoms with Crippen molar-refractivity contribution in [2.45, 2.75) is 33.2 Å². The first kappa shape index (κ1) is 11.2. The lowest BCUT2D eigenvalue weighted by Crippen LogP contribution is -2.18. The lowest BCUT2D eigenvalue weighted by molar-refractivity contribution is 0.456. The van der Waals surface area contributed by atoms with Gasteiger partial charge in [-0.3, -0.25) is 0 Å². The second-order valence-electron chi connectivity index (χ2n) is 3.47. The third-order valence-electron chi connectivity index (χ3n) is 2.54. The van der Waals surface area contributed by atoms with Crippen molar-refractivity contribution in [3.05, 3.63) is 20.3 Å². The predicted octanol–water partition coefficient (Wildman–Crippen LogP) is 3.86. The van der Waals surface area contributed by atoms with Gasteiger partial charge in [-0.2, -0.15) is 0 Å². The van der Waals surface area contributed by atoms with Gasteiger partial charge in [0.15, 0.2) is 0 Å². The Kier molecular flexibility index (Phi) is 3.95. The Morgan fingerprint density at radius 1 is 1.62 bits per heavy atom. The van der Waals surface area contributed by atoms with Crippen LogP contribution in [0, 0.1) is 12.8 Å². The monoisotopic (exact) mass is 261 g/mol. The van der Waals surface area contributed by atoms with Crippen molar-refractivity contribution in [3.8, 4) is 0 Å². The number of nitrogens with two attached hydrogens (primary N) is 1. The summed E-state index contributed by atoms with van der Waals surface area (Å²) in [4.78, 5) is 1.33. The average Bonchev–Trinajstić information content (AvgIpc) is 2.42. The van der Waals surface area contributed by atoms with Gasteiger partial charge in [-0.15, -0.1) is 11.3 Å². The zero-order chi connectivity index (χ0) is 10.0. The standard InChI is InChI=1S/C10H16BrNS/c1-4-6(2)10(12)8-5-9(11)13-7(8)3/h5-6,10H,4,12H2,1-3H3. The molecule has 0 amide bonds. The molecule has 0 bridgehead atoms. The van der Waals surface area contributed by atoms with Crippen LogP contribution in [0.3, 0.4) is 0 Å². The summed E-state index contributed by atoms with van der Waals surface area (Å²) in [6.45, 7) is 6.52. The van der Waals surface area contributed by atoms with E-state index in [2.05, 4.69) is 42.8 Å². The van der Waals surface area contributed by atoms with Gasteiger partial charge < -0.3 is 5.73 Å². The molecule has 13 heavy (non-hydrogen) atoms. The molecule has 1 nitrogen and oxygen atoms in total. The highest BCUT2D eigenvalue weighted by Gasteiger charge is 2.16. The molecule has 0 aliphatic carbocycles. The summed E-state index contributed by atoms with van der Waals surface area (Å²) < 4.78 is 1.18. The molecular formula is C10H16BrNS. The highest BCUT2D eigenvalue weighted by atomic mass is 79.9. The van der Waals surface area contributed by atoms with E-state index in [4.69, 9.17) is 5.73 Å². The third kappa shape index (κ3) is 2.55. The smallest absolute Gasteiger partial charge is 0.0704 e. The Bertz CT molecular complexity index is 282. The van der Waals surface area contributed by atoms with Crippen molar-refractivity contribution in [1.82, 2.24) is 0 Å². The van der Waals surface area contributed by atoms with Gasteiger partial charge in [0, 0.05) is 10.9 Å². The first-order chi connectivity index (χ1) is 6.06. The maximum Gasteiger partial charge on any atom is 0.0704 e. The van der Waals surface area contributed by atoms with E-state index in [1.807, 2.05) is 0 Å². The summed E-state index contributed by atoms with van der Waals surface area (Å²) >= 11 is 5.25. The summed E-state index contributed by atoms with van der Waals surface area (Å²) in [5, 5.41) is 0. The lowest BCUT2D eigenvalue weighted by Gasteiger charge is -2.17. The molecule has 1 aromatic heterocycles. The van der Waals surface area contributed by atoms with Crippen molar-refractivity contribution in [2.24, 2.45) is 11.7 Å². The summed E-state index contributed by atoms with van der Waals surface area (Å²) in [6, 6.07) is 2.34. The van der Waals surface area contributed by atoms with E-state index >= 15 is 0 Å². The molecular weight excluding hydrogens is 246 g/mol. The SMILES string of the molecule is CCC(C)C(N)c1cc(Br)sc1C. The number of halogens is 1. The summed E-state index contributed by atoms with van der Waals surface area (Å²) in [5.41, 5.74) is 7.45. The van der Waals surface area contributed by atoms with E-state index in [9.17, 15) is 0 Å². The molecule has 0 saturated heterocycles. The maximum atomic E-state index is 6.15. The Labute approximate surface area is 92.5 Å². The zero-order valence-corrected chi connectivity index (χ0v) is 10.7. The van der Waals surface area contributed by atoms with Crippen LogP contribution in [0.4, 0.5) is 0 Å². The van der Waals surface area contributed by atoms with E-state index < -0.39 is 0 Å². The molecule has 0 saturated carbocycles. The molecule has 0 aromatic carbocycles. The van der Waals surface area contributed by atoms with Crippen LogP contribution in [-0.2, 0) is 0 Å². The Hall–Kier alpha value is 0.140. The van der Waals surface area contributed by atoms with Crippen molar-refractivity contribution < 1.29 is 0 Å². The van der Waals surface area contributed by atoms with Crippen molar-refractivity contribution in [1.29, 1.82) is 0 Å². The molecule has 0 radical (unpaired) electrons. The highest BCUT2D eigenvalue weighted by molar-refractivity contribution is 9.11. The van der Waals surface area contributed by atoms with Gasteiger partial charge in [-0.05, 0) is 40.4 Å². The van der Waals surface area contributed by atoms with Gasteiger partial charge in [0.1, 0.15) is 0 Å². The van der Waals surface area contributed by atoms with Crippen molar-refractivity contribution >= 4 is 27.3 Å². The van der Waals surface area contributed by atoms with Gasteiger partial charge in [-0.25, -0.2) is 0 Å². The molecule has 2 N–H and O–H groups in total. The second-order valence-corrected chi connectivity index (χ2v) is 6.11. The van der Waals surface area contributed by atoms with Crippen molar-refractivity contribution in [3.63, 3.8) is 0 Å². The lowest BCUT2D eigenvalue weighted by atomic mass is 9.94.